The van der Waals surface area contributed by atoms with Crippen molar-refractivity contribution in [1.29, 1.82) is 0 Å². The number of benzene rings is 3. The van der Waals surface area contributed by atoms with Gasteiger partial charge in [0, 0.05) is 26.2 Å². The van der Waals surface area contributed by atoms with Gasteiger partial charge in [-0.3, -0.25) is 9.69 Å². The number of hydrogen-bond acceptors (Lipinski definition) is 3. The summed E-state index contributed by atoms with van der Waals surface area (Å²) in [6.07, 6.45) is -0.488. The van der Waals surface area contributed by atoms with Crippen LogP contribution in [-0.2, 0) is 4.79 Å². The van der Waals surface area contributed by atoms with Gasteiger partial charge < -0.3 is 9.64 Å². The zero-order valence-electron chi connectivity index (χ0n) is 17.4. The molecule has 1 atom stereocenters. The van der Waals surface area contributed by atoms with Gasteiger partial charge in [-0.2, -0.15) is 0 Å². The predicted molar refractivity (Wildman–Crippen MR) is 119 cm³/mol. The average Bonchev–Trinajstić information content (AvgIpc) is 2.81. The minimum absolute atomic E-state index is 0.0504. The summed E-state index contributed by atoms with van der Waals surface area (Å²) in [6, 6.07) is 30.9. The summed E-state index contributed by atoms with van der Waals surface area (Å²) in [5, 5.41) is 0. The van der Waals surface area contributed by atoms with Crippen molar-refractivity contribution in [3.05, 3.63) is 102 Å². The third kappa shape index (κ3) is 4.71. The Bertz CT molecular complexity index is 884. The Morgan fingerprint density at radius 3 is 1.70 bits per heavy atom. The third-order valence-corrected chi connectivity index (χ3v) is 5.63. The van der Waals surface area contributed by atoms with Crippen molar-refractivity contribution < 1.29 is 9.53 Å². The number of piperazine rings is 1. The summed E-state index contributed by atoms with van der Waals surface area (Å²) in [5.74, 6) is 0.777. The van der Waals surface area contributed by atoms with Crippen molar-refractivity contribution in [1.82, 2.24) is 9.80 Å². The van der Waals surface area contributed by atoms with Gasteiger partial charge in [0.1, 0.15) is 5.75 Å². The summed E-state index contributed by atoms with van der Waals surface area (Å²) in [6.45, 7) is 4.91. The Balaban J connectivity index is 1.42. The van der Waals surface area contributed by atoms with Crippen LogP contribution in [0.15, 0.2) is 91.0 Å². The van der Waals surface area contributed by atoms with Crippen molar-refractivity contribution in [3.63, 3.8) is 0 Å². The molecule has 1 aliphatic heterocycles. The fraction of sp³-hybridized carbons (Fsp3) is 0.269. The fourth-order valence-corrected chi connectivity index (χ4v) is 4.10. The summed E-state index contributed by atoms with van der Waals surface area (Å²) >= 11 is 0. The molecule has 3 aromatic rings. The van der Waals surface area contributed by atoms with Crippen LogP contribution in [0.5, 0.6) is 5.75 Å². The van der Waals surface area contributed by atoms with Gasteiger partial charge in [0.15, 0.2) is 6.10 Å². The van der Waals surface area contributed by atoms with Crippen molar-refractivity contribution in [2.75, 3.05) is 26.2 Å². The van der Waals surface area contributed by atoms with Crippen molar-refractivity contribution >= 4 is 5.91 Å². The molecule has 0 spiro atoms. The van der Waals surface area contributed by atoms with Gasteiger partial charge in [0.05, 0.1) is 6.04 Å². The molecule has 4 rings (SSSR count). The van der Waals surface area contributed by atoms with Crippen molar-refractivity contribution in [3.8, 4) is 5.75 Å². The molecular formula is C26H28N2O2. The van der Waals surface area contributed by atoms with Crippen molar-refractivity contribution in [2.45, 2.75) is 19.1 Å². The molecule has 0 bridgehead atoms. The van der Waals surface area contributed by atoms with Gasteiger partial charge in [-0.15, -0.1) is 0 Å². The van der Waals surface area contributed by atoms with Crippen LogP contribution in [0.4, 0.5) is 0 Å². The first kappa shape index (κ1) is 20.2. The van der Waals surface area contributed by atoms with Crippen LogP contribution in [0.3, 0.4) is 0 Å². The number of carbonyl (C=O) groups is 1. The lowest BCUT2D eigenvalue weighted by atomic mass is 9.96. The summed E-state index contributed by atoms with van der Waals surface area (Å²) in [5.41, 5.74) is 2.56. The highest BCUT2D eigenvalue weighted by Gasteiger charge is 2.30. The molecule has 1 aliphatic rings. The molecule has 0 radical (unpaired) electrons. The molecule has 0 N–H and O–H groups in total. The second kappa shape index (κ2) is 9.59. The molecule has 1 amide bonds. The number of rotatable bonds is 6. The molecule has 0 aromatic heterocycles. The Morgan fingerprint density at radius 2 is 1.20 bits per heavy atom. The maximum atomic E-state index is 12.9. The molecule has 0 aliphatic carbocycles. The smallest absolute Gasteiger partial charge is 0.263 e. The Kier molecular flexibility index (Phi) is 6.45. The number of hydrogen-bond donors (Lipinski definition) is 0. The Labute approximate surface area is 178 Å². The number of nitrogens with zero attached hydrogens (tertiary/aromatic N) is 2. The van der Waals surface area contributed by atoms with Gasteiger partial charge >= 0.3 is 0 Å². The van der Waals surface area contributed by atoms with E-state index in [-0.39, 0.29) is 11.9 Å². The van der Waals surface area contributed by atoms with Gasteiger partial charge in [-0.25, -0.2) is 0 Å². The summed E-state index contributed by atoms with van der Waals surface area (Å²) in [4.78, 5) is 17.3. The lowest BCUT2D eigenvalue weighted by Gasteiger charge is -2.40. The normalized spacial score (nSPS) is 15.7. The zero-order valence-corrected chi connectivity index (χ0v) is 17.4. The molecule has 4 heteroatoms. The van der Waals surface area contributed by atoms with Gasteiger partial charge in [-0.05, 0) is 30.2 Å². The van der Waals surface area contributed by atoms with Gasteiger partial charge in [-0.1, -0.05) is 78.9 Å². The number of para-hydroxylation sites is 1. The number of amides is 1. The zero-order chi connectivity index (χ0) is 20.8. The second-order valence-corrected chi connectivity index (χ2v) is 7.66. The van der Waals surface area contributed by atoms with Gasteiger partial charge in [0.2, 0.25) is 0 Å². The van der Waals surface area contributed by atoms with Crippen LogP contribution in [0.2, 0.25) is 0 Å². The molecule has 1 heterocycles. The van der Waals surface area contributed by atoms with Crippen LogP contribution >= 0.6 is 0 Å². The average molecular weight is 401 g/mol. The van der Waals surface area contributed by atoms with Crippen molar-refractivity contribution in [2.24, 2.45) is 0 Å². The minimum Gasteiger partial charge on any atom is -0.481 e. The van der Waals surface area contributed by atoms with Crippen LogP contribution in [0.1, 0.15) is 24.1 Å². The Morgan fingerprint density at radius 1 is 0.733 bits per heavy atom. The van der Waals surface area contributed by atoms with E-state index in [9.17, 15) is 4.79 Å². The molecule has 4 nitrogen and oxygen atoms in total. The highest BCUT2D eigenvalue weighted by molar-refractivity contribution is 5.81. The van der Waals surface area contributed by atoms with E-state index in [4.69, 9.17) is 4.74 Å². The highest BCUT2D eigenvalue weighted by Crippen LogP contribution is 2.29. The lowest BCUT2D eigenvalue weighted by Crippen LogP contribution is -2.52. The van der Waals surface area contributed by atoms with E-state index in [0.29, 0.717) is 13.1 Å². The topological polar surface area (TPSA) is 32.8 Å². The third-order valence-electron chi connectivity index (χ3n) is 5.63. The monoisotopic (exact) mass is 400 g/mol. The first-order valence-corrected chi connectivity index (χ1v) is 10.6. The van der Waals surface area contributed by atoms with E-state index in [2.05, 4.69) is 65.6 Å². The standard InChI is InChI=1S/C26H28N2O2/c1-21(30-24-15-9-4-10-16-24)26(29)28-19-17-27(18-20-28)25(22-11-5-2-6-12-22)23-13-7-3-8-14-23/h2-16,21,25H,17-20H2,1H3/t21-/m0/s1. The molecule has 0 unspecified atom stereocenters. The molecular weight excluding hydrogens is 372 g/mol. The SMILES string of the molecule is C[C@H](Oc1ccccc1)C(=O)N1CCN(C(c2ccccc2)c2ccccc2)CC1. The molecule has 1 saturated heterocycles. The molecule has 30 heavy (non-hydrogen) atoms. The van der Waals surface area contributed by atoms with E-state index in [1.165, 1.54) is 11.1 Å². The second-order valence-electron chi connectivity index (χ2n) is 7.66. The molecule has 3 aromatic carbocycles. The maximum Gasteiger partial charge on any atom is 0.263 e. The van der Waals surface area contributed by atoms with Crippen LogP contribution in [0, 0.1) is 0 Å². The van der Waals surface area contributed by atoms with E-state index in [1.54, 1.807) is 0 Å². The lowest BCUT2D eigenvalue weighted by molar-refractivity contribution is -0.140. The van der Waals surface area contributed by atoms with Crippen LogP contribution in [0.25, 0.3) is 0 Å². The van der Waals surface area contributed by atoms with Gasteiger partial charge in [0.25, 0.3) is 5.91 Å². The first-order chi connectivity index (χ1) is 14.7. The summed E-state index contributed by atoms with van der Waals surface area (Å²) < 4.78 is 5.84. The largest absolute Gasteiger partial charge is 0.481 e. The van der Waals surface area contributed by atoms with E-state index in [1.807, 2.05) is 42.2 Å². The van der Waals surface area contributed by atoms with E-state index >= 15 is 0 Å². The highest BCUT2D eigenvalue weighted by atomic mass is 16.5. The number of ether oxygens (including phenoxy) is 1. The fourth-order valence-electron chi connectivity index (χ4n) is 4.10. The van der Waals surface area contributed by atoms with Crippen LogP contribution in [-0.4, -0.2) is 48.0 Å². The van der Waals surface area contributed by atoms with E-state index in [0.717, 1.165) is 18.8 Å². The number of carbonyl (C=O) groups excluding carboxylic acids is 1. The molecule has 0 saturated carbocycles. The predicted octanol–water partition coefficient (Wildman–Crippen LogP) is 4.39. The maximum absolute atomic E-state index is 12.9. The first-order valence-electron chi connectivity index (χ1n) is 10.6. The molecule has 1 fully saturated rings. The molecule has 154 valence electrons. The quantitative estimate of drug-likeness (QED) is 0.615. The Hall–Kier alpha value is -3.11. The van der Waals surface area contributed by atoms with E-state index < -0.39 is 6.10 Å². The minimum atomic E-state index is -0.488. The summed E-state index contributed by atoms with van der Waals surface area (Å²) in [7, 11) is 0. The van der Waals surface area contributed by atoms with Crippen LogP contribution < -0.4 is 4.74 Å².